The molecule has 100 valence electrons. The maximum atomic E-state index is 11.3. The standard InChI is InChI=1S/C13H16N4O2/c1-15-12(18)16-10-3-2-8-5-13(6-9(8)4-10)7-19-11(14)17-13/h2-4H,5-7H2,1H3,(H2,14,17)(H2,15,16,18). The molecule has 1 aromatic carbocycles. The van der Waals surface area contributed by atoms with Crippen molar-refractivity contribution in [2.45, 2.75) is 18.4 Å². The Kier molecular flexibility index (Phi) is 2.58. The van der Waals surface area contributed by atoms with Crippen LogP contribution in [-0.2, 0) is 17.6 Å². The summed E-state index contributed by atoms with van der Waals surface area (Å²) < 4.78 is 5.28. The van der Waals surface area contributed by atoms with Crippen LogP contribution in [0.4, 0.5) is 10.5 Å². The molecule has 1 atom stereocenters. The number of carbonyl (C=O) groups excluding carboxylic acids is 1. The summed E-state index contributed by atoms with van der Waals surface area (Å²) in [5.41, 5.74) is 8.58. The number of benzene rings is 1. The van der Waals surface area contributed by atoms with E-state index < -0.39 is 0 Å². The Morgan fingerprint density at radius 2 is 2.21 bits per heavy atom. The van der Waals surface area contributed by atoms with E-state index in [0.717, 1.165) is 18.5 Å². The highest BCUT2D eigenvalue weighted by Gasteiger charge is 2.41. The van der Waals surface area contributed by atoms with Gasteiger partial charge in [-0.2, -0.15) is 0 Å². The molecule has 3 rings (SSSR count). The lowest BCUT2D eigenvalue weighted by Gasteiger charge is -2.15. The van der Waals surface area contributed by atoms with Crippen molar-refractivity contribution in [1.29, 1.82) is 0 Å². The number of hydrogen-bond acceptors (Lipinski definition) is 4. The first-order valence-electron chi connectivity index (χ1n) is 6.19. The molecule has 0 fully saturated rings. The van der Waals surface area contributed by atoms with Gasteiger partial charge in [0.25, 0.3) is 6.02 Å². The van der Waals surface area contributed by atoms with Crippen molar-refractivity contribution in [2.24, 2.45) is 10.7 Å². The van der Waals surface area contributed by atoms with Gasteiger partial charge in [-0.3, -0.25) is 0 Å². The third kappa shape index (κ3) is 2.09. The van der Waals surface area contributed by atoms with Gasteiger partial charge in [0.05, 0.1) is 0 Å². The van der Waals surface area contributed by atoms with Crippen molar-refractivity contribution in [3.05, 3.63) is 29.3 Å². The number of carbonyl (C=O) groups is 1. The lowest BCUT2D eigenvalue weighted by molar-refractivity contribution is 0.254. The smallest absolute Gasteiger partial charge is 0.318 e. The number of nitrogens with one attached hydrogen (secondary N) is 2. The molecule has 1 aliphatic carbocycles. The van der Waals surface area contributed by atoms with E-state index in [9.17, 15) is 4.79 Å². The number of fused-ring (bicyclic) bond motifs is 1. The van der Waals surface area contributed by atoms with Crippen LogP contribution in [0, 0.1) is 0 Å². The highest BCUT2D eigenvalue weighted by Crippen LogP contribution is 2.36. The SMILES string of the molecule is CNC(=O)Nc1ccc2c(c1)CC1(COC(N)=N1)C2. The molecule has 0 aromatic heterocycles. The van der Waals surface area contributed by atoms with Gasteiger partial charge >= 0.3 is 6.03 Å². The predicted molar refractivity (Wildman–Crippen MR) is 72.2 cm³/mol. The average molecular weight is 260 g/mol. The minimum absolute atomic E-state index is 0.223. The maximum Gasteiger partial charge on any atom is 0.318 e. The molecule has 19 heavy (non-hydrogen) atoms. The van der Waals surface area contributed by atoms with Crippen LogP contribution in [-0.4, -0.2) is 31.2 Å². The summed E-state index contributed by atoms with van der Waals surface area (Å²) in [5.74, 6) is 0. The predicted octanol–water partition coefficient (Wildman–Crippen LogP) is 0.620. The van der Waals surface area contributed by atoms with Gasteiger partial charge in [0.15, 0.2) is 0 Å². The second-order valence-corrected chi connectivity index (χ2v) is 5.00. The van der Waals surface area contributed by atoms with Gasteiger partial charge in [-0.1, -0.05) is 6.07 Å². The van der Waals surface area contributed by atoms with Crippen molar-refractivity contribution < 1.29 is 9.53 Å². The third-order valence-electron chi connectivity index (χ3n) is 3.57. The van der Waals surface area contributed by atoms with Gasteiger partial charge in [0.2, 0.25) is 0 Å². The van der Waals surface area contributed by atoms with Gasteiger partial charge in [0, 0.05) is 25.6 Å². The molecular formula is C13H16N4O2. The second kappa shape index (κ2) is 4.15. The van der Waals surface area contributed by atoms with Crippen molar-refractivity contribution in [2.75, 3.05) is 19.0 Å². The molecule has 1 aromatic rings. The summed E-state index contributed by atoms with van der Waals surface area (Å²) in [4.78, 5) is 15.7. The summed E-state index contributed by atoms with van der Waals surface area (Å²) in [7, 11) is 1.59. The van der Waals surface area contributed by atoms with E-state index in [1.165, 1.54) is 11.1 Å². The van der Waals surface area contributed by atoms with Gasteiger partial charge in [0.1, 0.15) is 12.1 Å². The minimum atomic E-state index is -0.238. The lowest BCUT2D eigenvalue weighted by Crippen LogP contribution is -2.28. The number of ether oxygens (including phenoxy) is 1. The number of amidine groups is 1. The molecule has 6 nitrogen and oxygen atoms in total. The Labute approximate surface area is 111 Å². The number of hydrogen-bond donors (Lipinski definition) is 3. The van der Waals surface area contributed by atoms with E-state index in [-0.39, 0.29) is 17.6 Å². The summed E-state index contributed by atoms with van der Waals surface area (Å²) in [6.07, 6.45) is 1.63. The number of anilines is 1. The van der Waals surface area contributed by atoms with Crippen molar-refractivity contribution in [1.82, 2.24) is 5.32 Å². The van der Waals surface area contributed by atoms with Crippen LogP contribution in [0.5, 0.6) is 0 Å². The summed E-state index contributed by atoms with van der Waals surface area (Å²) >= 11 is 0. The van der Waals surface area contributed by atoms with Crippen molar-refractivity contribution in [3.8, 4) is 0 Å². The maximum absolute atomic E-state index is 11.3. The average Bonchev–Trinajstić information content (AvgIpc) is 2.91. The van der Waals surface area contributed by atoms with Gasteiger partial charge < -0.3 is 21.1 Å². The first kappa shape index (κ1) is 11.8. The minimum Gasteiger partial charge on any atom is -0.463 e. The van der Waals surface area contributed by atoms with E-state index in [0.29, 0.717) is 6.61 Å². The fraction of sp³-hybridized carbons (Fsp3) is 0.385. The number of rotatable bonds is 1. The third-order valence-corrected chi connectivity index (χ3v) is 3.57. The van der Waals surface area contributed by atoms with Crippen LogP contribution in [0.25, 0.3) is 0 Å². The zero-order chi connectivity index (χ0) is 13.5. The van der Waals surface area contributed by atoms with Crippen molar-refractivity contribution in [3.63, 3.8) is 0 Å². The fourth-order valence-corrected chi connectivity index (χ4v) is 2.69. The molecule has 6 heteroatoms. The number of amides is 2. The van der Waals surface area contributed by atoms with Gasteiger partial charge in [-0.25, -0.2) is 9.79 Å². The number of urea groups is 1. The van der Waals surface area contributed by atoms with Crippen LogP contribution < -0.4 is 16.4 Å². The molecule has 0 radical (unpaired) electrons. The molecule has 0 saturated heterocycles. The Morgan fingerprint density at radius 3 is 2.89 bits per heavy atom. The van der Waals surface area contributed by atoms with Gasteiger partial charge in [-0.05, 0) is 23.3 Å². The number of aliphatic imine (C=N–C) groups is 1. The van der Waals surface area contributed by atoms with Crippen LogP contribution >= 0.6 is 0 Å². The monoisotopic (exact) mass is 260 g/mol. The zero-order valence-electron chi connectivity index (χ0n) is 10.7. The van der Waals surface area contributed by atoms with Crippen LogP contribution in [0.3, 0.4) is 0 Å². The molecule has 1 unspecified atom stereocenters. The zero-order valence-corrected chi connectivity index (χ0v) is 10.7. The fourth-order valence-electron chi connectivity index (χ4n) is 2.69. The van der Waals surface area contributed by atoms with E-state index in [1.54, 1.807) is 7.05 Å². The molecule has 0 saturated carbocycles. The Morgan fingerprint density at radius 1 is 1.42 bits per heavy atom. The van der Waals surface area contributed by atoms with Crippen LogP contribution in [0.2, 0.25) is 0 Å². The molecule has 2 amide bonds. The first-order valence-corrected chi connectivity index (χ1v) is 6.19. The Hall–Kier alpha value is -2.24. The Balaban J connectivity index is 1.82. The lowest BCUT2D eigenvalue weighted by atomic mass is 9.99. The molecule has 0 bridgehead atoms. The second-order valence-electron chi connectivity index (χ2n) is 5.00. The topological polar surface area (TPSA) is 88.7 Å². The first-order chi connectivity index (χ1) is 9.10. The normalized spacial score (nSPS) is 23.7. The molecule has 1 spiro atoms. The van der Waals surface area contributed by atoms with Crippen molar-refractivity contribution >= 4 is 17.7 Å². The molecule has 1 heterocycles. The number of nitrogens with two attached hydrogens (primary N) is 1. The molecule has 2 aliphatic rings. The summed E-state index contributed by atoms with van der Waals surface area (Å²) in [6.45, 7) is 0.533. The molecule has 1 aliphatic heterocycles. The number of nitrogens with zero attached hydrogens (tertiary/aromatic N) is 1. The van der Waals surface area contributed by atoms with E-state index >= 15 is 0 Å². The van der Waals surface area contributed by atoms with Crippen LogP contribution in [0.15, 0.2) is 23.2 Å². The van der Waals surface area contributed by atoms with Crippen LogP contribution in [0.1, 0.15) is 11.1 Å². The highest BCUT2D eigenvalue weighted by molar-refractivity contribution is 5.89. The summed E-state index contributed by atoms with van der Waals surface area (Å²) in [6, 6.07) is 5.97. The van der Waals surface area contributed by atoms with E-state index in [2.05, 4.69) is 15.6 Å². The molecule has 4 N–H and O–H groups in total. The largest absolute Gasteiger partial charge is 0.463 e. The van der Waals surface area contributed by atoms with Gasteiger partial charge in [-0.15, -0.1) is 0 Å². The Bertz CT molecular complexity index is 570. The highest BCUT2D eigenvalue weighted by atomic mass is 16.5. The van der Waals surface area contributed by atoms with E-state index in [1.807, 2.05) is 18.2 Å². The van der Waals surface area contributed by atoms with E-state index in [4.69, 9.17) is 10.5 Å². The summed E-state index contributed by atoms with van der Waals surface area (Å²) in [5, 5.41) is 5.29. The molecular weight excluding hydrogens is 244 g/mol. The quantitative estimate of drug-likeness (QED) is 0.691.